The number of aromatic nitrogens is 2. The van der Waals surface area contributed by atoms with Crippen LogP contribution >= 0.6 is 11.6 Å². The highest BCUT2D eigenvalue weighted by Crippen LogP contribution is 2.37. The number of benzene rings is 3. The predicted molar refractivity (Wildman–Crippen MR) is 187 cm³/mol. The Morgan fingerprint density at radius 2 is 1.65 bits per heavy atom. The second kappa shape index (κ2) is 15.9. The molecule has 1 aromatic heterocycles. The van der Waals surface area contributed by atoms with Crippen LogP contribution in [0.3, 0.4) is 0 Å². The molecule has 1 unspecified atom stereocenters. The quantitative estimate of drug-likeness (QED) is 0.154. The number of rotatable bonds is 11. The lowest BCUT2D eigenvalue weighted by Gasteiger charge is -2.39. The van der Waals surface area contributed by atoms with Crippen molar-refractivity contribution in [2.45, 2.75) is 50.2 Å². The largest absolute Gasteiger partial charge is 0.497 e. The van der Waals surface area contributed by atoms with Gasteiger partial charge in [0.15, 0.2) is 17.4 Å². The predicted octanol–water partition coefficient (Wildman–Crippen LogP) is 7.38. The minimum atomic E-state index is -4.93. The summed E-state index contributed by atoms with van der Waals surface area (Å²) in [4.78, 5) is 21.0. The standard InChI is InChI=1S/C36H38ClF3N4O7S/c1-36(2,3)51-35(45)43-13-12-28(22-6-9-25(37)10-7-22)24(19-43)21-50-32-15-30(40)33(16-29(32)39)52(46,47)44(34-41-17-26(38)18-42-34)20-23-8-11-27(48-4)14-31(23)49-5/h6-11,14-18,24,28H,12-13,19-21H2,1-5H3/t24-,28?/m0/s1. The fourth-order valence-corrected chi connectivity index (χ4v) is 7.35. The minimum absolute atomic E-state index is 0.136. The normalized spacial score (nSPS) is 16.3. The first kappa shape index (κ1) is 38.5. The summed E-state index contributed by atoms with van der Waals surface area (Å²) in [6.45, 7) is 5.22. The molecule has 0 N–H and O–H groups in total. The number of likely N-dealkylation sites (tertiary alicyclic amines) is 1. The molecular weight excluding hydrogens is 725 g/mol. The first-order chi connectivity index (χ1) is 24.6. The van der Waals surface area contributed by atoms with Crippen molar-refractivity contribution in [3.63, 3.8) is 0 Å². The lowest BCUT2D eigenvalue weighted by molar-refractivity contribution is 0.0110. The van der Waals surface area contributed by atoms with Crippen molar-refractivity contribution in [3.8, 4) is 17.2 Å². The van der Waals surface area contributed by atoms with Crippen LogP contribution < -0.4 is 18.5 Å². The van der Waals surface area contributed by atoms with Gasteiger partial charge in [-0.3, -0.25) is 0 Å². The number of anilines is 1. The molecule has 0 saturated carbocycles. The molecule has 0 spiro atoms. The van der Waals surface area contributed by atoms with Crippen LogP contribution in [0.1, 0.15) is 44.2 Å². The summed E-state index contributed by atoms with van der Waals surface area (Å²) in [6, 6.07) is 12.9. The number of carbonyl (C=O) groups is 1. The van der Waals surface area contributed by atoms with E-state index in [9.17, 15) is 17.6 Å². The molecule has 52 heavy (non-hydrogen) atoms. The maximum atomic E-state index is 15.8. The molecule has 1 fully saturated rings. The fourth-order valence-electron chi connectivity index (χ4n) is 5.81. The highest BCUT2D eigenvalue weighted by molar-refractivity contribution is 7.92. The number of hydrogen-bond donors (Lipinski definition) is 0. The Morgan fingerprint density at radius 1 is 0.962 bits per heavy atom. The van der Waals surface area contributed by atoms with E-state index in [1.165, 1.54) is 26.4 Å². The van der Waals surface area contributed by atoms with Crippen LogP contribution in [0.4, 0.5) is 23.9 Å². The van der Waals surface area contributed by atoms with Gasteiger partial charge in [0.2, 0.25) is 5.95 Å². The molecule has 11 nitrogen and oxygen atoms in total. The lowest BCUT2D eigenvalue weighted by atomic mass is 9.81. The molecule has 0 bridgehead atoms. The van der Waals surface area contributed by atoms with E-state index in [-0.39, 0.29) is 30.7 Å². The monoisotopic (exact) mass is 762 g/mol. The molecular formula is C36H38ClF3N4O7S. The van der Waals surface area contributed by atoms with Gasteiger partial charge in [0.25, 0.3) is 10.0 Å². The van der Waals surface area contributed by atoms with E-state index < -0.39 is 62.3 Å². The van der Waals surface area contributed by atoms with Crippen LogP contribution in [0.15, 0.2) is 71.9 Å². The van der Waals surface area contributed by atoms with Gasteiger partial charge >= 0.3 is 6.09 Å². The van der Waals surface area contributed by atoms with E-state index in [0.717, 1.165) is 18.0 Å². The maximum Gasteiger partial charge on any atom is 0.410 e. The molecule has 2 heterocycles. The van der Waals surface area contributed by atoms with Gasteiger partial charge in [-0.05, 0) is 62.9 Å². The van der Waals surface area contributed by atoms with Crippen molar-refractivity contribution in [1.29, 1.82) is 0 Å². The SMILES string of the molecule is COc1ccc(CN(c2ncc(F)cn2)S(=O)(=O)c2cc(F)c(OC[C@@H]3CN(C(=O)OC(C)(C)C)CCC3c3ccc(Cl)cc3)cc2F)c(OC)c1. The van der Waals surface area contributed by atoms with Crippen molar-refractivity contribution >= 4 is 33.7 Å². The second-order valence-corrected chi connectivity index (χ2v) is 15.3. The highest BCUT2D eigenvalue weighted by atomic mass is 35.5. The third-order valence-corrected chi connectivity index (χ3v) is 10.3. The summed E-state index contributed by atoms with van der Waals surface area (Å²) in [5.74, 6) is -4.25. The zero-order valence-corrected chi connectivity index (χ0v) is 30.7. The topological polar surface area (TPSA) is 120 Å². The number of piperidine rings is 1. The first-order valence-electron chi connectivity index (χ1n) is 16.2. The Bertz CT molecular complexity index is 2000. The third-order valence-electron chi connectivity index (χ3n) is 8.33. The molecule has 0 radical (unpaired) electrons. The van der Waals surface area contributed by atoms with Crippen molar-refractivity contribution < 1.29 is 45.3 Å². The van der Waals surface area contributed by atoms with Crippen LogP contribution in [-0.2, 0) is 21.3 Å². The number of methoxy groups -OCH3 is 2. The number of carbonyl (C=O) groups excluding carboxylic acids is 1. The summed E-state index contributed by atoms with van der Waals surface area (Å²) in [7, 11) is -2.13. The number of hydrogen-bond acceptors (Lipinski definition) is 9. The summed E-state index contributed by atoms with van der Waals surface area (Å²) < 4.78 is 96.0. The highest BCUT2D eigenvalue weighted by Gasteiger charge is 2.36. The van der Waals surface area contributed by atoms with Gasteiger partial charge in [-0.1, -0.05) is 23.7 Å². The number of amides is 1. The van der Waals surface area contributed by atoms with Gasteiger partial charge in [-0.15, -0.1) is 0 Å². The van der Waals surface area contributed by atoms with E-state index in [2.05, 4.69) is 9.97 Å². The Labute approximate surface area is 305 Å². The Kier molecular flexibility index (Phi) is 11.7. The van der Waals surface area contributed by atoms with E-state index in [1.807, 2.05) is 12.1 Å². The minimum Gasteiger partial charge on any atom is -0.497 e. The van der Waals surface area contributed by atoms with Gasteiger partial charge in [0.1, 0.15) is 27.8 Å². The number of ether oxygens (including phenoxy) is 4. The van der Waals surface area contributed by atoms with E-state index >= 15 is 8.78 Å². The van der Waals surface area contributed by atoms with Crippen molar-refractivity contribution in [2.24, 2.45) is 5.92 Å². The number of sulfonamides is 1. The molecule has 278 valence electrons. The average molecular weight is 763 g/mol. The van der Waals surface area contributed by atoms with Crippen LogP contribution in [0.5, 0.6) is 17.2 Å². The molecule has 1 aliphatic heterocycles. The van der Waals surface area contributed by atoms with E-state index in [4.69, 9.17) is 30.5 Å². The van der Waals surface area contributed by atoms with E-state index in [1.54, 1.807) is 43.9 Å². The van der Waals surface area contributed by atoms with Crippen molar-refractivity contribution in [1.82, 2.24) is 14.9 Å². The summed E-state index contributed by atoms with van der Waals surface area (Å²) in [5, 5.41) is 0.544. The number of halogens is 4. The second-order valence-electron chi connectivity index (χ2n) is 13.0. The molecule has 1 aliphatic rings. The van der Waals surface area contributed by atoms with Crippen molar-refractivity contribution in [3.05, 3.63) is 101 Å². The van der Waals surface area contributed by atoms with Crippen LogP contribution in [-0.4, -0.2) is 68.9 Å². The van der Waals surface area contributed by atoms with Gasteiger partial charge in [0.05, 0.1) is 39.8 Å². The first-order valence-corrected chi connectivity index (χ1v) is 18.0. The van der Waals surface area contributed by atoms with Gasteiger partial charge < -0.3 is 23.8 Å². The Hall–Kier alpha value is -4.76. The smallest absolute Gasteiger partial charge is 0.410 e. The summed E-state index contributed by atoms with van der Waals surface area (Å²) in [6.07, 6.45) is 1.51. The van der Waals surface area contributed by atoms with Crippen LogP contribution in [0.25, 0.3) is 0 Å². The molecule has 2 atom stereocenters. The van der Waals surface area contributed by atoms with Gasteiger partial charge in [0, 0.05) is 47.8 Å². The molecule has 4 aromatic rings. The molecule has 0 aliphatic carbocycles. The molecule has 3 aromatic carbocycles. The lowest BCUT2D eigenvalue weighted by Crippen LogP contribution is -2.46. The summed E-state index contributed by atoms with van der Waals surface area (Å²) >= 11 is 6.11. The molecule has 16 heteroatoms. The third kappa shape index (κ3) is 8.99. The zero-order valence-electron chi connectivity index (χ0n) is 29.1. The summed E-state index contributed by atoms with van der Waals surface area (Å²) in [5.41, 5.74) is 0.494. The molecule has 1 saturated heterocycles. The fraction of sp³-hybridized carbons (Fsp3) is 0.361. The van der Waals surface area contributed by atoms with Crippen molar-refractivity contribution in [2.75, 3.05) is 38.2 Å². The average Bonchev–Trinajstić information content (AvgIpc) is 3.10. The molecule has 1 amide bonds. The number of nitrogens with zero attached hydrogens (tertiary/aromatic N) is 4. The van der Waals surface area contributed by atoms with E-state index in [0.29, 0.717) is 45.7 Å². The zero-order chi connectivity index (χ0) is 37.8. The Morgan fingerprint density at radius 3 is 2.29 bits per heavy atom. The maximum absolute atomic E-state index is 15.8. The Balaban J connectivity index is 1.44. The van der Waals surface area contributed by atoms with Gasteiger partial charge in [-0.25, -0.2) is 40.7 Å². The molecule has 5 rings (SSSR count). The van der Waals surface area contributed by atoms with Gasteiger partial charge in [-0.2, -0.15) is 0 Å². The van der Waals surface area contributed by atoms with Crippen LogP contribution in [0.2, 0.25) is 5.02 Å². The van der Waals surface area contributed by atoms with Crippen LogP contribution in [0, 0.1) is 23.4 Å².